The Bertz CT molecular complexity index is 946. The predicted molar refractivity (Wildman–Crippen MR) is 118 cm³/mol. The van der Waals surface area contributed by atoms with Crippen LogP contribution in [-0.2, 0) is 14.6 Å². The van der Waals surface area contributed by atoms with Gasteiger partial charge in [-0.1, -0.05) is 42.5 Å². The van der Waals surface area contributed by atoms with Gasteiger partial charge in [-0.2, -0.15) is 0 Å². The minimum Gasteiger partial charge on any atom is -0.491 e. The number of sulfone groups is 1. The molecule has 1 amide bonds. The molecule has 2 aromatic rings. The molecule has 0 aliphatic carbocycles. The lowest BCUT2D eigenvalue weighted by molar-refractivity contribution is -0.127. The van der Waals surface area contributed by atoms with Crippen molar-refractivity contribution in [1.29, 1.82) is 0 Å². The molecule has 0 bridgehead atoms. The summed E-state index contributed by atoms with van der Waals surface area (Å²) < 4.78 is 29.5. The third kappa shape index (κ3) is 5.83. The van der Waals surface area contributed by atoms with Gasteiger partial charge >= 0.3 is 0 Å². The first kappa shape index (κ1) is 22.3. The summed E-state index contributed by atoms with van der Waals surface area (Å²) in [6.07, 6.45) is 0.0722. The van der Waals surface area contributed by atoms with Crippen molar-refractivity contribution in [3.63, 3.8) is 0 Å². The lowest BCUT2D eigenvalue weighted by Gasteiger charge is -2.34. The van der Waals surface area contributed by atoms with Crippen LogP contribution < -0.4 is 10.1 Å². The number of carbonyl (C=O) groups excluding carboxylic acids is 1. The highest BCUT2D eigenvalue weighted by Crippen LogP contribution is 2.26. The molecule has 0 aromatic heterocycles. The largest absolute Gasteiger partial charge is 0.491 e. The summed E-state index contributed by atoms with van der Waals surface area (Å²) in [6.45, 7) is 6.58. The Labute approximate surface area is 179 Å². The van der Waals surface area contributed by atoms with E-state index in [-0.39, 0.29) is 29.6 Å². The number of rotatable bonds is 7. The lowest BCUT2D eigenvalue weighted by atomic mass is 10.0. The highest BCUT2D eigenvalue weighted by Gasteiger charge is 2.33. The van der Waals surface area contributed by atoms with Crippen LogP contribution in [0.15, 0.2) is 54.6 Å². The van der Waals surface area contributed by atoms with Gasteiger partial charge in [0.25, 0.3) is 0 Å². The molecule has 1 aliphatic heterocycles. The van der Waals surface area contributed by atoms with Crippen LogP contribution in [0.1, 0.15) is 44.0 Å². The first-order valence-electron chi connectivity index (χ1n) is 10.3. The summed E-state index contributed by atoms with van der Waals surface area (Å²) in [5.41, 5.74) is 1.81. The second-order valence-corrected chi connectivity index (χ2v) is 10.3. The summed E-state index contributed by atoms with van der Waals surface area (Å²) >= 11 is 0. The highest BCUT2D eigenvalue weighted by molar-refractivity contribution is 7.91. The number of nitrogens with one attached hydrogen (secondary N) is 1. The lowest BCUT2D eigenvalue weighted by Crippen LogP contribution is -2.47. The SMILES string of the molecule is CC(C)Oc1cccc(C(C)NC(=O)C(c2ccccc2)N2CCS(=O)(=O)CC2)c1. The van der Waals surface area contributed by atoms with E-state index in [0.717, 1.165) is 16.9 Å². The van der Waals surface area contributed by atoms with Gasteiger partial charge in [-0.05, 0) is 44.0 Å². The molecule has 0 radical (unpaired) electrons. The Kier molecular flexibility index (Phi) is 7.15. The quantitative estimate of drug-likeness (QED) is 0.730. The molecule has 30 heavy (non-hydrogen) atoms. The molecule has 7 heteroatoms. The zero-order valence-corrected chi connectivity index (χ0v) is 18.6. The van der Waals surface area contributed by atoms with E-state index < -0.39 is 15.9 Å². The molecule has 0 saturated carbocycles. The number of amides is 1. The van der Waals surface area contributed by atoms with Crippen molar-refractivity contribution in [2.24, 2.45) is 0 Å². The maximum Gasteiger partial charge on any atom is 0.242 e. The number of ether oxygens (including phenoxy) is 1. The monoisotopic (exact) mass is 430 g/mol. The summed E-state index contributed by atoms with van der Waals surface area (Å²) in [5.74, 6) is 0.786. The zero-order chi connectivity index (χ0) is 21.7. The van der Waals surface area contributed by atoms with Crippen LogP contribution in [0.5, 0.6) is 5.75 Å². The van der Waals surface area contributed by atoms with Crippen LogP contribution in [0.2, 0.25) is 0 Å². The Hall–Kier alpha value is -2.38. The third-order valence-corrected chi connectivity index (χ3v) is 6.81. The van der Waals surface area contributed by atoms with Crippen molar-refractivity contribution in [1.82, 2.24) is 10.2 Å². The van der Waals surface area contributed by atoms with Crippen molar-refractivity contribution in [2.75, 3.05) is 24.6 Å². The summed E-state index contributed by atoms with van der Waals surface area (Å²) in [7, 11) is -3.03. The Morgan fingerprint density at radius 1 is 0.967 bits per heavy atom. The van der Waals surface area contributed by atoms with E-state index in [1.165, 1.54) is 0 Å². The van der Waals surface area contributed by atoms with Crippen LogP contribution in [0.4, 0.5) is 0 Å². The molecule has 3 rings (SSSR count). The molecule has 162 valence electrons. The fraction of sp³-hybridized carbons (Fsp3) is 0.435. The highest BCUT2D eigenvalue weighted by atomic mass is 32.2. The van der Waals surface area contributed by atoms with E-state index in [1.807, 2.05) is 80.3 Å². The average Bonchev–Trinajstić information content (AvgIpc) is 2.70. The maximum absolute atomic E-state index is 13.3. The van der Waals surface area contributed by atoms with E-state index in [0.29, 0.717) is 13.1 Å². The van der Waals surface area contributed by atoms with Gasteiger partial charge < -0.3 is 10.1 Å². The van der Waals surface area contributed by atoms with Crippen LogP contribution in [-0.4, -0.2) is 49.9 Å². The fourth-order valence-electron chi connectivity index (χ4n) is 3.65. The molecule has 2 unspecified atom stereocenters. The minimum atomic E-state index is -3.03. The standard InChI is InChI=1S/C23H30N2O4S/c1-17(2)29-21-11-7-10-20(16-21)18(3)24-23(26)22(19-8-5-4-6-9-19)25-12-14-30(27,28)15-13-25/h4-11,16-18,22H,12-15H2,1-3H3,(H,24,26). The maximum atomic E-state index is 13.3. The Morgan fingerprint density at radius 3 is 2.23 bits per heavy atom. The van der Waals surface area contributed by atoms with Gasteiger partial charge in [0, 0.05) is 13.1 Å². The van der Waals surface area contributed by atoms with Crippen molar-refractivity contribution in [3.05, 3.63) is 65.7 Å². The number of hydrogen-bond donors (Lipinski definition) is 1. The molecular weight excluding hydrogens is 400 g/mol. The number of carbonyl (C=O) groups is 1. The molecule has 1 fully saturated rings. The average molecular weight is 431 g/mol. The van der Waals surface area contributed by atoms with Crippen LogP contribution >= 0.6 is 0 Å². The molecule has 2 aromatic carbocycles. The van der Waals surface area contributed by atoms with Gasteiger partial charge in [0.2, 0.25) is 5.91 Å². The van der Waals surface area contributed by atoms with Crippen molar-refractivity contribution < 1.29 is 17.9 Å². The van der Waals surface area contributed by atoms with E-state index in [1.54, 1.807) is 0 Å². The van der Waals surface area contributed by atoms with Gasteiger partial charge in [0.1, 0.15) is 11.8 Å². The molecule has 1 aliphatic rings. The zero-order valence-electron chi connectivity index (χ0n) is 17.7. The second-order valence-electron chi connectivity index (χ2n) is 7.97. The van der Waals surface area contributed by atoms with Crippen molar-refractivity contribution >= 4 is 15.7 Å². The third-order valence-electron chi connectivity index (χ3n) is 5.20. The van der Waals surface area contributed by atoms with E-state index >= 15 is 0 Å². The van der Waals surface area contributed by atoms with Gasteiger partial charge in [0.15, 0.2) is 9.84 Å². The molecular formula is C23H30N2O4S. The smallest absolute Gasteiger partial charge is 0.242 e. The number of hydrogen-bond acceptors (Lipinski definition) is 5. The predicted octanol–water partition coefficient (Wildman–Crippen LogP) is 3.12. The molecule has 0 spiro atoms. The van der Waals surface area contributed by atoms with Crippen molar-refractivity contribution in [2.45, 2.75) is 39.0 Å². The van der Waals surface area contributed by atoms with Gasteiger partial charge in [-0.25, -0.2) is 8.42 Å². The molecule has 1 saturated heterocycles. The van der Waals surface area contributed by atoms with E-state index in [9.17, 15) is 13.2 Å². The van der Waals surface area contributed by atoms with E-state index in [2.05, 4.69) is 5.32 Å². The van der Waals surface area contributed by atoms with Crippen LogP contribution in [0.3, 0.4) is 0 Å². The fourth-order valence-corrected chi connectivity index (χ4v) is 4.88. The second kappa shape index (κ2) is 9.62. The van der Waals surface area contributed by atoms with Gasteiger partial charge in [-0.3, -0.25) is 9.69 Å². The summed E-state index contributed by atoms with van der Waals surface area (Å²) in [6, 6.07) is 16.5. The van der Waals surface area contributed by atoms with Gasteiger partial charge in [0.05, 0.1) is 23.7 Å². The molecule has 1 N–H and O–H groups in total. The van der Waals surface area contributed by atoms with Gasteiger partial charge in [-0.15, -0.1) is 0 Å². The van der Waals surface area contributed by atoms with Crippen LogP contribution in [0, 0.1) is 0 Å². The molecule has 1 heterocycles. The summed E-state index contributed by atoms with van der Waals surface area (Å²) in [5, 5.41) is 3.11. The number of nitrogens with zero attached hydrogens (tertiary/aromatic N) is 1. The minimum absolute atomic E-state index is 0.0722. The summed E-state index contributed by atoms with van der Waals surface area (Å²) in [4.78, 5) is 15.3. The Balaban J connectivity index is 1.78. The normalized spacial score (nSPS) is 18.5. The first-order valence-corrected chi connectivity index (χ1v) is 12.1. The topological polar surface area (TPSA) is 75.7 Å². The van der Waals surface area contributed by atoms with E-state index in [4.69, 9.17) is 4.74 Å². The molecule has 2 atom stereocenters. The number of benzene rings is 2. The molecule has 6 nitrogen and oxygen atoms in total. The van der Waals surface area contributed by atoms with Crippen molar-refractivity contribution in [3.8, 4) is 5.75 Å². The first-order chi connectivity index (χ1) is 14.2. The van der Waals surface area contributed by atoms with Crippen LogP contribution in [0.25, 0.3) is 0 Å². The Morgan fingerprint density at radius 2 is 1.60 bits per heavy atom.